The summed E-state index contributed by atoms with van der Waals surface area (Å²) in [5.74, 6) is -1.77. The zero-order valence-electron chi connectivity index (χ0n) is 11.7. The first-order valence-electron chi connectivity index (χ1n) is 6.22. The van der Waals surface area contributed by atoms with Crippen molar-refractivity contribution in [3.05, 3.63) is 30.1 Å². The molecule has 0 radical (unpaired) electrons. The molecule has 0 aromatic heterocycles. The summed E-state index contributed by atoms with van der Waals surface area (Å²) in [6, 6.07) is 6.18. The molecule has 0 heterocycles. The number of amides is 1. The second-order valence-electron chi connectivity index (χ2n) is 4.72. The third-order valence-corrected chi connectivity index (χ3v) is 4.04. The number of carbonyl (C=O) groups excluding carboxylic acids is 1. The number of carboxylic acid groups (broad SMARTS) is 1. The molecule has 110 valence electrons. The maximum Gasteiger partial charge on any atom is 0.329 e. The lowest BCUT2D eigenvalue weighted by molar-refractivity contribution is -0.155. The van der Waals surface area contributed by atoms with Crippen LogP contribution in [0.25, 0.3) is 0 Å². The molecule has 0 bridgehead atoms. The van der Waals surface area contributed by atoms with Crippen molar-refractivity contribution in [1.82, 2.24) is 4.90 Å². The van der Waals surface area contributed by atoms with Gasteiger partial charge in [0.15, 0.2) is 0 Å². The van der Waals surface area contributed by atoms with Gasteiger partial charge < -0.3 is 10.0 Å². The molecule has 20 heavy (non-hydrogen) atoms. The lowest BCUT2D eigenvalue weighted by Crippen LogP contribution is -2.53. The summed E-state index contributed by atoms with van der Waals surface area (Å²) in [5.41, 5.74) is -1.28. The van der Waals surface area contributed by atoms with Gasteiger partial charge in [0, 0.05) is 11.4 Å². The standard InChI is InChI=1S/C14H18FNO3S/c1-4-16(14(2,3)13(18)19)12(17)9-20-11-8-6-5-7-10(11)15/h5-8H,4,9H2,1-3H3,(H,18,19). The third-order valence-electron chi connectivity index (χ3n) is 3.00. The topological polar surface area (TPSA) is 57.6 Å². The zero-order chi connectivity index (χ0) is 15.3. The Hall–Kier alpha value is -1.56. The Morgan fingerprint density at radius 2 is 1.95 bits per heavy atom. The van der Waals surface area contributed by atoms with Crippen LogP contribution in [0, 0.1) is 5.82 Å². The Bertz CT molecular complexity index is 505. The van der Waals surface area contributed by atoms with Crippen LogP contribution in [0.5, 0.6) is 0 Å². The summed E-state index contributed by atoms with van der Waals surface area (Å²) < 4.78 is 13.4. The van der Waals surface area contributed by atoms with E-state index in [0.717, 1.165) is 11.8 Å². The van der Waals surface area contributed by atoms with E-state index in [4.69, 9.17) is 5.11 Å². The third kappa shape index (κ3) is 3.72. The second kappa shape index (κ2) is 6.74. The van der Waals surface area contributed by atoms with E-state index in [1.165, 1.54) is 24.8 Å². The van der Waals surface area contributed by atoms with Crippen LogP contribution < -0.4 is 0 Å². The number of hydrogen-bond acceptors (Lipinski definition) is 3. The van der Waals surface area contributed by atoms with Crippen LogP contribution in [0.15, 0.2) is 29.2 Å². The molecule has 0 aliphatic heterocycles. The molecule has 0 fully saturated rings. The van der Waals surface area contributed by atoms with Crippen molar-refractivity contribution in [2.75, 3.05) is 12.3 Å². The van der Waals surface area contributed by atoms with Gasteiger partial charge in [-0.1, -0.05) is 12.1 Å². The lowest BCUT2D eigenvalue weighted by Gasteiger charge is -2.34. The highest BCUT2D eigenvalue weighted by molar-refractivity contribution is 8.00. The molecule has 0 unspecified atom stereocenters. The SMILES string of the molecule is CCN(C(=O)CSc1ccccc1F)C(C)(C)C(=O)O. The Kier molecular flexibility index (Phi) is 5.56. The molecule has 0 atom stereocenters. The Labute approximate surface area is 122 Å². The van der Waals surface area contributed by atoms with Gasteiger partial charge in [0.25, 0.3) is 0 Å². The van der Waals surface area contributed by atoms with Crippen LogP contribution in [0.4, 0.5) is 4.39 Å². The van der Waals surface area contributed by atoms with Gasteiger partial charge in [0.05, 0.1) is 5.75 Å². The van der Waals surface area contributed by atoms with Crippen LogP contribution in [0.2, 0.25) is 0 Å². The van der Waals surface area contributed by atoms with Crippen molar-refractivity contribution in [3.63, 3.8) is 0 Å². The summed E-state index contributed by atoms with van der Waals surface area (Å²) in [4.78, 5) is 25.0. The molecule has 0 aliphatic carbocycles. The average molecular weight is 299 g/mol. The number of carboxylic acids is 1. The molecule has 1 rings (SSSR count). The molecule has 4 nitrogen and oxygen atoms in total. The van der Waals surface area contributed by atoms with Gasteiger partial charge in [-0.15, -0.1) is 11.8 Å². The van der Waals surface area contributed by atoms with Gasteiger partial charge in [-0.2, -0.15) is 0 Å². The molecule has 0 spiro atoms. The Morgan fingerprint density at radius 1 is 1.35 bits per heavy atom. The van der Waals surface area contributed by atoms with E-state index in [2.05, 4.69) is 0 Å². The molecular weight excluding hydrogens is 281 g/mol. The van der Waals surface area contributed by atoms with Gasteiger partial charge in [-0.05, 0) is 32.9 Å². The summed E-state index contributed by atoms with van der Waals surface area (Å²) in [6.45, 7) is 4.96. The van der Waals surface area contributed by atoms with Gasteiger partial charge in [-0.3, -0.25) is 4.79 Å². The number of nitrogens with zero attached hydrogens (tertiary/aromatic N) is 1. The maximum atomic E-state index is 13.4. The predicted octanol–water partition coefficient (Wildman–Crippen LogP) is 2.63. The number of benzene rings is 1. The van der Waals surface area contributed by atoms with E-state index in [1.807, 2.05) is 0 Å². The first kappa shape index (κ1) is 16.5. The number of thioether (sulfide) groups is 1. The Balaban J connectivity index is 2.75. The molecule has 1 aromatic carbocycles. The predicted molar refractivity (Wildman–Crippen MR) is 76.2 cm³/mol. The Morgan fingerprint density at radius 3 is 2.45 bits per heavy atom. The first-order chi connectivity index (χ1) is 9.30. The molecule has 0 saturated heterocycles. The summed E-state index contributed by atoms with van der Waals surface area (Å²) in [7, 11) is 0. The fraction of sp³-hybridized carbons (Fsp3) is 0.429. The number of hydrogen-bond donors (Lipinski definition) is 1. The van der Waals surface area contributed by atoms with Crippen molar-refractivity contribution >= 4 is 23.6 Å². The fourth-order valence-corrected chi connectivity index (χ4v) is 2.59. The van der Waals surface area contributed by atoms with Crippen molar-refractivity contribution in [3.8, 4) is 0 Å². The lowest BCUT2D eigenvalue weighted by atomic mass is 10.0. The van der Waals surface area contributed by atoms with Crippen LogP contribution in [0.1, 0.15) is 20.8 Å². The zero-order valence-corrected chi connectivity index (χ0v) is 12.5. The molecule has 1 amide bonds. The minimum atomic E-state index is -1.28. The second-order valence-corrected chi connectivity index (χ2v) is 5.74. The van der Waals surface area contributed by atoms with Gasteiger partial charge in [0.2, 0.25) is 5.91 Å². The quantitative estimate of drug-likeness (QED) is 0.820. The average Bonchev–Trinajstić information content (AvgIpc) is 2.38. The highest BCUT2D eigenvalue weighted by Gasteiger charge is 2.36. The van der Waals surface area contributed by atoms with Crippen LogP contribution in [0.3, 0.4) is 0 Å². The van der Waals surface area contributed by atoms with E-state index in [-0.39, 0.29) is 24.0 Å². The summed E-state index contributed by atoms with van der Waals surface area (Å²) in [5, 5.41) is 9.16. The molecular formula is C14H18FNO3S. The molecule has 1 N–H and O–H groups in total. The van der Waals surface area contributed by atoms with Crippen LogP contribution in [-0.4, -0.2) is 39.7 Å². The number of halogens is 1. The monoisotopic (exact) mass is 299 g/mol. The normalized spacial score (nSPS) is 11.2. The number of likely N-dealkylation sites (N-methyl/N-ethyl adjacent to an activating group) is 1. The van der Waals surface area contributed by atoms with Crippen LogP contribution >= 0.6 is 11.8 Å². The number of rotatable bonds is 6. The minimum Gasteiger partial charge on any atom is -0.480 e. The fourth-order valence-electron chi connectivity index (χ4n) is 1.78. The number of carbonyl (C=O) groups is 2. The minimum absolute atomic E-state index is 0.00544. The van der Waals surface area contributed by atoms with E-state index < -0.39 is 11.5 Å². The number of aliphatic carboxylic acids is 1. The highest BCUT2D eigenvalue weighted by Crippen LogP contribution is 2.23. The largest absolute Gasteiger partial charge is 0.480 e. The van der Waals surface area contributed by atoms with E-state index in [1.54, 1.807) is 25.1 Å². The van der Waals surface area contributed by atoms with Crippen molar-refractivity contribution in [2.45, 2.75) is 31.2 Å². The molecule has 0 saturated carbocycles. The van der Waals surface area contributed by atoms with Crippen molar-refractivity contribution in [1.29, 1.82) is 0 Å². The van der Waals surface area contributed by atoms with Crippen molar-refractivity contribution < 1.29 is 19.1 Å². The highest BCUT2D eigenvalue weighted by atomic mass is 32.2. The van der Waals surface area contributed by atoms with E-state index >= 15 is 0 Å². The van der Waals surface area contributed by atoms with E-state index in [9.17, 15) is 14.0 Å². The van der Waals surface area contributed by atoms with Gasteiger partial charge in [-0.25, -0.2) is 9.18 Å². The molecule has 6 heteroatoms. The van der Waals surface area contributed by atoms with Crippen LogP contribution in [-0.2, 0) is 9.59 Å². The van der Waals surface area contributed by atoms with E-state index in [0.29, 0.717) is 4.90 Å². The maximum absolute atomic E-state index is 13.4. The smallest absolute Gasteiger partial charge is 0.329 e. The molecule has 0 aliphatic rings. The first-order valence-corrected chi connectivity index (χ1v) is 7.20. The van der Waals surface area contributed by atoms with Gasteiger partial charge in [0.1, 0.15) is 11.4 Å². The van der Waals surface area contributed by atoms with Gasteiger partial charge >= 0.3 is 5.97 Å². The van der Waals surface area contributed by atoms with Crippen molar-refractivity contribution in [2.24, 2.45) is 0 Å². The summed E-state index contributed by atoms with van der Waals surface area (Å²) >= 11 is 1.07. The molecule has 1 aromatic rings. The summed E-state index contributed by atoms with van der Waals surface area (Å²) in [6.07, 6.45) is 0.